The molecule has 1 N–H and O–H groups in total. The number of rotatable bonds is 5. The molecule has 1 saturated heterocycles. The van der Waals surface area contributed by atoms with Crippen molar-refractivity contribution in [3.8, 4) is 0 Å². The summed E-state index contributed by atoms with van der Waals surface area (Å²) in [6.45, 7) is 2.81. The molecule has 1 atom stereocenters. The molecule has 0 aromatic heterocycles. The summed E-state index contributed by atoms with van der Waals surface area (Å²) in [7, 11) is -2.21. The first kappa shape index (κ1) is 18.8. The van der Waals surface area contributed by atoms with Gasteiger partial charge in [-0.3, -0.25) is 9.59 Å². The van der Waals surface area contributed by atoms with Gasteiger partial charge in [0.15, 0.2) is 0 Å². The van der Waals surface area contributed by atoms with Crippen molar-refractivity contribution < 1.29 is 22.7 Å². The lowest BCUT2D eigenvalue weighted by Crippen LogP contribution is -2.44. The molecule has 0 bridgehead atoms. The minimum Gasteiger partial charge on any atom is -0.468 e. The number of benzene rings is 1. The monoisotopic (exact) mass is 372 g/mol. The largest absolute Gasteiger partial charge is 0.468 e. The molecule has 1 fully saturated rings. The fraction of sp³-hybridized carbons (Fsp3) is 0.467. The van der Waals surface area contributed by atoms with E-state index in [1.807, 2.05) is 0 Å². The minimum absolute atomic E-state index is 0.113. The van der Waals surface area contributed by atoms with Gasteiger partial charge in [-0.2, -0.15) is 0 Å². The smallest absolute Gasteiger partial charge is 0.320 e. The molecule has 9 heteroatoms. The van der Waals surface area contributed by atoms with Crippen LogP contribution in [0.1, 0.15) is 17.3 Å². The van der Waals surface area contributed by atoms with E-state index in [1.165, 1.54) is 43.1 Å². The average molecular weight is 372 g/mol. The van der Waals surface area contributed by atoms with Gasteiger partial charge in [0, 0.05) is 31.0 Å². The van der Waals surface area contributed by atoms with Crippen LogP contribution in [0.15, 0.2) is 29.2 Å². The summed E-state index contributed by atoms with van der Waals surface area (Å²) >= 11 is 1.47. The highest BCUT2D eigenvalue weighted by Crippen LogP contribution is 2.21. The number of hydrogen-bond donors (Lipinski definition) is 1. The third kappa shape index (κ3) is 4.28. The predicted octanol–water partition coefficient (Wildman–Crippen LogP) is 0.715. The van der Waals surface area contributed by atoms with E-state index in [4.69, 9.17) is 4.74 Å². The molecule has 1 aromatic rings. The number of thioether (sulfide) groups is 1. The van der Waals surface area contributed by atoms with E-state index in [1.54, 1.807) is 11.8 Å². The Bertz CT molecular complexity index is 703. The highest BCUT2D eigenvalue weighted by atomic mass is 32.2. The lowest BCUT2D eigenvalue weighted by Gasteiger charge is -2.31. The molecular formula is C15H20N2O5S2. The van der Waals surface area contributed by atoms with Gasteiger partial charge in [-0.1, -0.05) is 6.92 Å². The first-order valence-corrected chi connectivity index (χ1v) is 10.0. The van der Waals surface area contributed by atoms with Crippen LogP contribution in [0, 0.1) is 0 Å². The third-order valence-corrected chi connectivity index (χ3v) is 6.29. The van der Waals surface area contributed by atoms with Crippen molar-refractivity contribution in [3.63, 3.8) is 0 Å². The maximum atomic E-state index is 12.5. The van der Waals surface area contributed by atoms with Gasteiger partial charge in [-0.25, -0.2) is 13.1 Å². The first-order chi connectivity index (χ1) is 11.4. The van der Waals surface area contributed by atoms with E-state index in [-0.39, 0.29) is 28.6 Å². The van der Waals surface area contributed by atoms with Crippen LogP contribution in [-0.4, -0.2) is 62.9 Å². The number of sulfonamides is 1. The molecule has 1 heterocycles. The molecule has 1 aliphatic heterocycles. The SMILES string of the molecule is CCNS(=O)(=O)c1ccc(C(=O)N2CCS[C@H](C(=O)OC)C2)cc1. The van der Waals surface area contributed by atoms with Crippen LogP contribution in [0.2, 0.25) is 0 Å². The van der Waals surface area contributed by atoms with Crippen molar-refractivity contribution in [2.24, 2.45) is 0 Å². The van der Waals surface area contributed by atoms with Crippen LogP contribution in [-0.2, 0) is 19.6 Å². The Hall–Kier alpha value is -1.58. The molecule has 1 aromatic carbocycles. The lowest BCUT2D eigenvalue weighted by atomic mass is 10.2. The average Bonchev–Trinajstić information content (AvgIpc) is 2.60. The Kier molecular flexibility index (Phi) is 6.25. The van der Waals surface area contributed by atoms with Crippen molar-refractivity contribution in [3.05, 3.63) is 29.8 Å². The molecule has 0 spiro atoms. The number of hydrogen-bond acceptors (Lipinski definition) is 6. The van der Waals surface area contributed by atoms with Crippen molar-refractivity contribution in [2.75, 3.05) is 32.5 Å². The van der Waals surface area contributed by atoms with Gasteiger partial charge in [0.1, 0.15) is 5.25 Å². The Balaban J connectivity index is 2.11. The van der Waals surface area contributed by atoms with Crippen LogP contribution in [0.3, 0.4) is 0 Å². The van der Waals surface area contributed by atoms with Crippen LogP contribution in [0.25, 0.3) is 0 Å². The highest BCUT2D eigenvalue weighted by Gasteiger charge is 2.30. The Morgan fingerprint density at radius 3 is 2.58 bits per heavy atom. The fourth-order valence-electron chi connectivity index (χ4n) is 2.34. The number of carbonyl (C=O) groups is 2. The Labute approximate surface area is 145 Å². The normalized spacial score (nSPS) is 18.2. The molecular weight excluding hydrogens is 352 g/mol. The van der Waals surface area contributed by atoms with Gasteiger partial charge in [0.25, 0.3) is 5.91 Å². The topological polar surface area (TPSA) is 92.8 Å². The Morgan fingerprint density at radius 2 is 2.00 bits per heavy atom. The summed E-state index contributed by atoms with van der Waals surface area (Å²) in [5, 5.41) is -0.388. The second-order valence-corrected chi connectivity index (χ2v) is 8.24. The lowest BCUT2D eigenvalue weighted by molar-refractivity contribution is -0.140. The number of esters is 1. The maximum absolute atomic E-state index is 12.5. The quantitative estimate of drug-likeness (QED) is 0.766. The summed E-state index contributed by atoms with van der Waals surface area (Å²) in [5.74, 6) is 0.0828. The second kappa shape index (κ2) is 8.00. The minimum atomic E-state index is -3.54. The van der Waals surface area contributed by atoms with Gasteiger partial charge in [-0.15, -0.1) is 11.8 Å². The number of carbonyl (C=O) groups excluding carboxylic acids is 2. The number of nitrogens with one attached hydrogen (secondary N) is 1. The molecule has 0 aliphatic carbocycles. The van der Waals surface area contributed by atoms with E-state index >= 15 is 0 Å². The summed E-state index contributed by atoms with van der Waals surface area (Å²) in [6.07, 6.45) is 0. The summed E-state index contributed by atoms with van der Waals surface area (Å²) in [4.78, 5) is 25.9. The summed E-state index contributed by atoms with van der Waals surface area (Å²) in [6, 6.07) is 5.78. The molecule has 24 heavy (non-hydrogen) atoms. The standard InChI is InChI=1S/C15H20N2O5S2/c1-3-16-24(20,21)12-6-4-11(5-7-12)14(18)17-8-9-23-13(10-17)15(19)22-2/h4-7,13,16H,3,8-10H2,1-2H3/t13-/m0/s1. The molecule has 2 rings (SSSR count). The second-order valence-electron chi connectivity index (χ2n) is 5.16. The van der Waals surface area contributed by atoms with Gasteiger partial charge in [0.2, 0.25) is 10.0 Å². The highest BCUT2D eigenvalue weighted by molar-refractivity contribution is 8.00. The van der Waals surface area contributed by atoms with Crippen molar-refractivity contribution in [2.45, 2.75) is 17.1 Å². The zero-order chi connectivity index (χ0) is 17.7. The van der Waals surface area contributed by atoms with Crippen molar-refractivity contribution in [1.29, 1.82) is 0 Å². The zero-order valence-electron chi connectivity index (χ0n) is 13.5. The van der Waals surface area contributed by atoms with E-state index in [0.717, 1.165) is 0 Å². The number of methoxy groups -OCH3 is 1. The zero-order valence-corrected chi connectivity index (χ0v) is 15.2. The van der Waals surface area contributed by atoms with Crippen LogP contribution in [0.4, 0.5) is 0 Å². The summed E-state index contributed by atoms with van der Waals surface area (Å²) in [5.41, 5.74) is 0.390. The van der Waals surface area contributed by atoms with E-state index in [2.05, 4.69) is 4.72 Å². The number of ether oxygens (including phenoxy) is 1. The third-order valence-electron chi connectivity index (χ3n) is 3.56. The summed E-state index contributed by atoms with van der Waals surface area (Å²) < 4.78 is 30.9. The van der Waals surface area contributed by atoms with Crippen molar-refractivity contribution >= 4 is 33.7 Å². The van der Waals surface area contributed by atoms with E-state index in [0.29, 0.717) is 24.4 Å². The van der Waals surface area contributed by atoms with E-state index in [9.17, 15) is 18.0 Å². The number of nitrogens with zero attached hydrogens (tertiary/aromatic N) is 1. The molecule has 1 aliphatic rings. The molecule has 0 radical (unpaired) electrons. The van der Waals surface area contributed by atoms with Gasteiger partial charge in [-0.05, 0) is 24.3 Å². The molecule has 0 unspecified atom stereocenters. The van der Waals surface area contributed by atoms with Crippen LogP contribution in [0.5, 0.6) is 0 Å². The number of amides is 1. The molecule has 0 saturated carbocycles. The van der Waals surface area contributed by atoms with Gasteiger partial charge < -0.3 is 9.64 Å². The first-order valence-electron chi connectivity index (χ1n) is 7.47. The molecule has 132 valence electrons. The van der Waals surface area contributed by atoms with Crippen LogP contribution < -0.4 is 4.72 Å². The predicted molar refractivity (Wildman–Crippen MR) is 91.5 cm³/mol. The molecule has 7 nitrogen and oxygen atoms in total. The fourth-order valence-corrected chi connectivity index (χ4v) is 4.51. The van der Waals surface area contributed by atoms with Crippen molar-refractivity contribution in [1.82, 2.24) is 9.62 Å². The van der Waals surface area contributed by atoms with E-state index < -0.39 is 10.0 Å². The Morgan fingerprint density at radius 1 is 1.33 bits per heavy atom. The maximum Gasteiger partial charge on any atom is 0.320 e. The van der Waals surface area contributed by atoms with Gasteiger partial charge >= 0.3 is 5.97 Å². The van der Waals surface area contributed by atoms with Gasteiger partial charge in [0.05, 0.1) is 12.0 Å². The van der Waals surface area contributed by atoms with Crippen LogP contribution >= 0.6 is 11.8 Å². The molecule has 1 amide bonds.